The third-order valence-corrected chi connectivity index (χ3v) is 4.87. The number of nitroso groups, excluding NO2 is 1. The molecule has 1 N–H and O–H groups in total. The van der Waals surface area contributed by atoms with Crippen LogP contribution >= 0.6 is 11.6 Å². The molecule has 7 heteroatoms. The van der Waals surface area contributed by atoms with E-state index in [1.807, 2.05) is 18.2 Å². The molecular formula is C21H23ClN2O4. The lowest BCUT2D eigenvalue weighted by molar-refractivity contribution is 0.286. The van der Waals surface area contributed by atoms with Crippen LogP contribution in [-0.4, -0.2) is 23.4 Å². The summed E-state index contributed by atoms with van der Waals surface area (Å²) in [5.74, 6) is 1.12. The maximum absolute atomic E-state index is 11.2. The zero-order valence-electron chi connectivity index (χ0n) is 15.9. The number of ether oxygens (including phenoxy) is 2. The number of hydrogen-bond acceptors (Lipinski definition) is 5. The molecule has 0 aliphatic carbocycles. The molecule has 6 nitrogen and oxygen atoms in total. The Labute approximate surface area is 168 Å². The number of nitrogens with zero attached hydrogens (tertiary/aromatic N) is 2. The van der Waals surface area contributed by atoms with Crippen LogP contribution in [0.15, 0.2) is 41.6 Å². The lowest BCUT2D eigenvalue weighted by Crippen LogP contribution is -2.02. The lowest BCUT2D eigenvalue weighted by atomic mass is 10.2. The van der Waals surface area contributed by atoms with Crippen molar-refractivity contribution < 1.29 is 14.6 Å². The van der Waals surface area contributed by atoms with Crippen molar-refractivity contribution in [1.29, 1.82) is 0 Å². The minimum Gasteiger partial charge on any atom is -0.493 e. The predicted molar refractivity (Wildman–Crippen MR) is 111 cm³/mol. The van der Waals surface area contributed by atoms with Gasteiger partial charge in [0.05, 0.1) is 25.8 Å². The number of rotatable bonds is 9. The third-order valence-electron chi connectivity index (χ3n) is 4.64. The number of halogens is 1. The highest BCUT2D eigenvalue weighted by Gasteiger charge is 2.18. The van der Waals surface area contributed by atoms with Crippen LogP contribution in [0.3, 0.4) is 0 Å². The second kappa shape index (κ2) is 8.97. The molecule has 3 rings (SSSR count). The fourth-order valence-corrected chi connectivity index (χ4v) is 3.36. The summed E-state index contributed by atoms with van der Waals surface area (Å²) < 4.78 is 12.9. The van der Waals surface area contributed by atoms with Crippen LogP contribution < -0.4 is 9.47 Å². The lowest BCUT2D eigenvalue weighted by Gasteiger charge is -2.13. The number of methoxy groups -OCH3 is 1. The normalized spacial score (nSPS) is 11.0. The summed E-state index contributed by atoms with van der Waals surface area (Å²) in [5, 5.41) is 14.4. The van der Waals surface area contributed by atoms with Gasteiger partial charge in [-0.05, 0) is 47.5 Å². The van der Waals surface area contributed by atoms with Gasteiger partial charge in [0.15, 0.2) is 17.2 Å². The molecule has 0 radical (unpaired) electrons. The van der Waals surface area contributed by atoms with Gasteiger partial charge < -0.3 is 19.1 Å². The standard InChI is InChI=1S/C21H23ClN2O4/c1-3-4-5-10-28-18-9-6-14(11-19(18)27-2)13-24-17-8-7-15(22)12-16(17)20(23-26)21(24)25/h6-9,11-12,25H,3-5,10,13H2,1-2H3. The van der Waals surface area contributed by atoms with Gasteiger partial charge in [-0.25, -0.2) is 0 Å². The van der Waals surface area contributed by atoms with E-state index in [1.54, 1.807) is 29.9 Å². The zero-order chi connectivity index (χ0) is 20.1. The number of benzene rings is 2. The van der Waals surface area contributed by atoms with Gasteiger partial charge in [-0.3, -0.25) is 0 Å². The molecule has 0 saturated heterocycles. The van der Waals surface area contributed by atoms with Crippen LogP contribution in [0.25, 0.3) is 10.9 Å². The highest BCUT2D eigenvalue weighted by Crippen LogP contribution is 2.40. The highest BCUT2D eigenvalue weighted by atomic mass is 35.5. The van der Waals surface area contributed by atoms with E-state index < -0.39 is 0 Å². The van der Waals surface area contributed by atoms with E-state index in [9.17, 15) is 10.0 Å². The monoisotopic (exact) mass is 402 g/mol. The molecular weight excluding hydrogens is 380 g/mol. The molecule has 0 amide bonds. The fourth-order valence-electron chi connectivity index (χ4n) is 3.19. The van der Waals surface area contributed by atoms with Gasteiger partial charge in [-0.2, -0.15) is 0 Å². The third kappa shape index (κ3) is 4.07. The van der Waals surface area contributed by atoms with Crippen LogP contribution in [0.1, 0.15) is 31.7 Å². The van der Waals surface area contributed by atoms with Crippen molar-refractivity contribution in [1.82, 2.24) is 4.57 Å². The van der Waals surface area contributed by atoms with Gasteiger partial charge >= 0.3 is 0 Å². The number of fused-ring (bicyclic) bond motifs is 1. The molecule has 0 saturated carbocycles. The van der Waals surface area contributed by atoms with Crippen LogP contribution in [0, 0.1) is 4.91 Å². The Balaban J connectivity index is 1.89. The quantitative estimate of drug-likeness (QED) is 0.350. The van der Waals surface area contributed by atoms with E-state index in [2.05, 4.69) is 12.1 Å². The van der Waals surface area contributed by atoms with Gasteiger partial charge in [-0.15, -0.1) is 4.91 Å². The SMILES string of the molecule is CCCCCOc1ccc(Cn2c(O)c(N=O)c3cc(Cl)ccc32)cc1OC. The second-order valence-corrected chi connectivity index (χ2v) is 6.99. The summed E-state index contributed by atoms with van der Waals surface area (Å²) in [5.41, 5.74) is 1.55. The van der Waals surface area contributed by atoms with Crippen molar-refractivity contribution in [2.75, 3.05) is 13.7 Å². The Bertz CT molecular complexity index is 984. The molecule has 0 atom stereocenters. The summed E-state index contributed by atoms with van der Waals surface area (Å²) in [7, 11) is 1.59. The minimum absolute atomic E-state index is 0.0136. The van der Waals surface area contributed by atoms with Gasteiger partial charge in [0.1, 0.15) is 0 Å². The Morgan fingerprint density at radius 1 is 1.14 bits per heavy atom. The number of unbranched alkanes of at least 4 members (excludes halogenated alkanes) is 2. The first-order valence-corrected chi connectivity index (χ1v) is 9.60. The Morgan fingerprint density at radius 3 is 2.68 bits per heavy atom. The predicted octanol–water partition coefficient (Wildman–Crippen LogP) is 6.02. The van der Waals surface area contributed by atoms with Crippen molar-refractivity contribution in [3.63, 3.8) is 0 Å². The molecule has 1 aromatic heterocycles. The molecule has 148 valence electrons. The minimum atomic E-state index is -0.189. The smallest absolute Gasteiger partial charge is 0.222 e. The van der Waals surface area contributed by atoms with Crippen molar-refractivity contribution in [2.45, 2.75) is 32.7 Å². The maximum atomic E-state index is 11.2. The molecule has 0 fully saturated rings. The van der Waals surface area contributed by atoms with Crippen LogP contribution in [0.4, 0.5) is 5.69 Å². The largest absolute Gasteiger partial charge is 0.493 e. The van der Waals surface area contributed by atoms with E-state index in [0.717, 1.165) is 24.8 Å². The van der Waals surface area contributed by atoms with Crippen LogP contribution in [0.2, 0.25) is 5.02 Å². The number of hydrogen-bond donors (Lipinski definition) is 1. The van der Waals surface area contributed by atoms with Gasteiger partial charge in [0.2, 0.25) is 5.88 Å². The van der Waals surface area contributed by atoms with E-state index in [1.165, 1.54) is 0 Å². The van der Waals surface area contributed by atoms with Gasteiger partial charge in [0, 0.05) is 10.4 Å². The van der Waals surface area contributed by atoms with Crippen molar-refractivity contribution in [3.8, 4) is 17.4 Å². The Morgan fingerprint density at radius 2 is 1.96 bits per heavy atom. The maximum Gasteiger partial charge on any atom is 0.222 e. The molecule has 0 aliphatic rings. The summed E-state index contributed by atoms with van der Waals surface area (Å²) >= 11 is 6.02. The Hall–Kier alpha value is -2.73. The second-order valence-electron chi connectivity index (χ2n) is 6.55. The first kappa shape index (κ1) is 20.0. The van der Waals surface area contributed by atoms with E-state index in [4.69, 9.17) is 21.1 Å². The molecule has 0 unspecified atom stereocenters. The molecule has 0 bridgehead atoms. The summed E-state index contributed by atoms with van der Waals surface area (Å²) in [6.45, 7) is 3.13. The van der Waals surface area contributed by atoms with Gasteiger partial charge in [-0.1, -0.05) is 37.4 Å². The number of aromatic hydroxyl groups is 1. The van der Waals surface area contributed by atoms with Gasteiger partial charge in [0.25, 0.3) is 0 Å². The first-order chi connectivity index (χ1) is 13.6. The average Bonchev–Trinajstić information content (AvgIpc) is 2.96. The first-order valence-electron chi connectivity index (χ1n) is 9.22. The van der Waals surface area contributed by atoms with Crippen molar-refractivity contribution in [3.05, 3.63) is 51.9 Å². The van der Waals surface area contributed by atoms with Crippen molar-refractivity contribution >= 4 is 28.2 Å². The average molecular weight is 403 g/mol. The van der Waals surface area contributed by atoms with E-state index in [-0.39, 0.29) is 11.6 Å². The molecule has 2 aromatic carbocycles. The molecule has 3 aromatic rings. The summed E-state index contributed by atoms with van der Waals surface area (Å²) in [4.78, 5) is 11.2. The van der Waals surface area contributed by atoms with Crippen molar-refractivity contribution in [2.24, 2.45) is 5.18 Å². The number of aromatic nitrogens is 1. The molecule has 0 spiro atoms. The summed E-state index contributed by atoms with van der Waals surface area (Å²) in [6, 6.07) is 10.7. The Kier molecular flexibility index (Phi) is 6.41. The molecule has 28 heavy (non-hydrogen) atoms. The van der Waals surface area contributed by atoms with E-state index in [0.29, 0.717) is 40.6 Å². The highest BCUT2D eigenvalue weighted by molar-refractivity contribution is 6.31. The molecule has 0 aliphatic heterocycles. The topological polar surface area (TPSA) is 73.0 Å². The van der Waals surface area contributed by atoms with E-state index >= 15 is 0 Å². The zero-order valence-corrected chi connectivity index (χ0v) is 16.7. The van der Waals surface area contributed by atoms with Crippen LogP contribution in [-0.2, 0) is 6.54 Å². The molecule has 1 heterocycles. The fraction of sp³-hybridized carbons (Fsp3) is 0.333. The van der Waals surface area contributed by atoms with Crippen LogP contribution in [0.5, 0.6) is 17.4 Å². The summed E-state index contributed by atoms with van der Waals surface area (Å²) in [6.07, 6.45) is 3.25.